The summed E-state index contributed by atoms with van der Waals surface area (Å²) in [5.41, 5.74) is 5.23. The number of nitrogens with two attached hydrogens (primary N) is 1. The van der Waals surface area contributed by atoms with Crippen LogP contribution in [0.2, 0.25) is 0 Å². The summed E-state index contributed by atoms with van der Waals surface area (Å²) in [6.45, 7) is 0.294. The number of hydrogen-bond donors (Lipinski definition) is 2. The lowest BCUT2D eigenvalue weighted by Gasteiger charge is -2.30. The Hall–Kier alpha value is -1.15. The summed E-state index contributed by atoms with van der Waals surface area (Å²) in [7, 11) is -3.07. The SMILES string of the molecule is NC(=O)CN(C(=O)CC1CS(=O)(=O)CCN1)C1CCCC1. The topological polar surface area (TPSA) is 110 Å². The van der Waals surface area contributed by atoms with Gasteiger partial charge in [-0.1, -0.05) is 12.8 Å². The van der Waals surface area contributed by atoms with Crippen LogP contribution in [0.5, 0.6) is 0 Å². The molecule has 0 aromatic rings. The van der Waals surface area contributed by atoms with Gasteiger partial charge in [0.1, 0.15) is 0 Å². The van der Waals surface area contributed by atoms with Crippen LogP contribution in [0.1, 0.15) is 32.1 Å². The van der Waals surface area contributed by atoms with E-state index in [4.69, 9.17) is 5.73 Å². The van der Waals surface area contributed by atoms with Crippen molar-refractivity contribution in [2.75, 3.05) is 24.6 Å². The van der Waals surface area contributed by atoms with E-state index in [1.54, 1.807) is 0 Å². The highest BCUT2D eigenvalue weighted by molar-refractivity contribution is 7.91. The van der Waals surface area contributed by atoms with E-state index < -0.39 is 15.7 Å². The van der Waals surface area contributed by atoms with Gasteiger partial charge in [0, 0.05) is 25.0 Å². The largest absolute Gasteiger partial charge is 0.368 e. The van der Waals surface area contributed by atoms with Gasteiger partial charge in [0.25, 0.3) is 0 Å². The van der Waals surface area contributed by atoms with Crippen molar-refractivity contribution in [1.82, 2.24) is 10.2 Å². The van der Waals surface area contributed by atoms with Crippen LogP contribution in [0.25, 0.3) is 0 Å². The number of rotatable bonds is 5. The lowest BCUT2D eigenvalue weighted by Crippen LogP contribution is -2.50. The summed E-state index contributed by atoms with van der Waals surface area (Å²) in [4.78, 5) is 25.2. The van der Waals surface area contributed by atoms with Crippen LogP contribution >= 0.6 is 0 Å². The van der Waals surface area contributed by atoms with Gasteiger partial charge in [0.2, 0.25) is 11.8 Å². The van der Waals surface area contributed by atoms with Gasteiger partial charge >= 0.3 is 0 Å². The van der Waals surface area contributed by atoms with Crippen molar-refractivity contribution in [1.29, 1.82) is 0 Å². The Kier molecular flexibility index (Phi) is 5.21. The Bertz CT molecular complexity index is 500. The normalized spacial score (nSPS) is 25.6. The Balaban J connectivity index is 1.98. The number of carbonyl (C=O) groups is 2. The molecule has 7 nitrogen and oxygen atoms in total. The van der Waals surface area contributed by atoms with Crippen LogP contribution in [0.15, 0.2) is 0 Å². The summed E-state index contributed by atoms with van der Waals surface area (Å²) in [5.74, 6) is -0.617. The Morgan fingerprint density at radius 3 is 2.48 bits per heavy atom. The molecule has 2 rings (SSSR count). The molecule has 1 heterocycles. The van der Waals surface area contributed by atoms with Gasteiger partial charge < -0.3 is 16.0 Å². The number of primary amides is 1. The number of sulfone groups is 1. The van der Waals surface area contributed by atoms with E-state index >= 15 is 0 Å². The standard InChI is InChI=1S/C13H23N3O4S/c14-12(17)8-16(11-3-1-2-4-11)13(18)7-10-9-21(19,20)6-5-15-10/h10-11,15H,1-9H2,(H2,14,17). The van der Waals surface area contributed by atoms with Crippen molar-refractivity contribution in [3.05, 3.63) is 0 Å². The van der Waals surface area contributed by atoms with Crippen LogP contribution in [0.4, 0.5) is 0 Å². The van der Waals surface area contributed by atoms with E-state index in [9.17, 15) is 18.0 Å². The first kappa shape index (κ1) is 16.2. The molecule has 1 saturated carbocycles. The molecule has 21 heavy (non-hydrogen) atoms. The Morgan fingerprint density at radius 2 is 1.90 bits per heavy atom. The molecule has 1 unspecified atom stereocenters. The average Bonchev–Trinajstić information content (AvgIpc) is 2.87. The molecule has 2 amide bonds. The van der Waals surface area contributed by atoms with Crippen LogP contribution in [0.3, 0.4) is 0 Å². The van der Waals surface area contributed by atoms with Gasteiger partial charge in [-0.25, -0.2) is 8.42 Å². The highest BCUT2D eigenvalue weighted by atomic mass is 32.2. The second kappa shape index (κ2) is 6.74. The van der Waals surface area contributed by atoms with Gasteiger partial charge in [0.05, 0.1) is 18.1 Å². The van der Waals surface area contributed by atoms with Crippen LogP contribution in [-0.4, -0.2) is 61.8 Å². The van der Waals surface area contributed by atoms with Crippen LogP contribution in [0, 0.1) is 0 Å². The summed E-state index contributed by atoms with van der Waals surface area (Å²) >= 11 is 0. The number of hydrogen-bond acceptors (Lipinski definition) is 5. The van der Waals surface area contributed by atoms with Crippen molar-refractivity contribution in [3.63, 3.8) is 0 Å². The smallest absolute Gasteiger partial charge is 0.237 e. The molecule has 0 aromatic carbocycles. The quantitative estimate of drug-likeness (QED) is 0.677. The molecule has 1 atom stereocenters. The maximum absolute atomic E-state index is 12.4. The summed E-state index contributed by atoms with van der Waals surface area (Å²) in [5, 5.41) is 3.06. The molecule has 2 aliphatic rings. The first-order valence-electron chi connectivity index (χ1n) is 7.39. The predicted molar refractivity (Wildman–Crippen MR) is 78.2 cm³/mol. The fourth-order valence-corrected chi connectivity index (χ4v) is 4.58. The maximum atomic E-state index is 12.4. The number of carbonyl (C=O) groups excluding carboxylic acids is 2. The molecule has 0 radical (unpaired) electrons. The molecule has 8 heteroatoms. The zero-order chi connectivity index (χ0) is 15.5. The minimum Gasteiger partial charge on any atom is -0.368 e. The molecule has 1 saturated heterocycles. The van der Waals surface area contributed by atoms with Gasteiger partial charge in [0.15, 0.2) is 9.84 Å². The summed E-state index contributed by atoms with van der Waals surface area (Å²) < 4.78 is 23.2. The van der Waals surface area contributed by atoms with Crippen molar-refractivity contribution in [3.8, 4) is 0 Å². The van der Waals surface area contributed by atoms with E-state index in [1.165, 1.54) is 4.90 Å². The van der Waals surface area contributed by atoms with Gasteiger partial charge in [-0.3, -0.25) is 9.59 Å². The summed E-state index contributed by atoms with van der Waals surface area (Å²) in [6.07, 6.45) is 3.96. The third-order valence-corrected chi connectivity index (χ3v) is 5.87. The second-order valence-electron chi connectivity index (χ2n) is 5.90. The molecule has 0 spiro atoms. The highest BCUT2D eigenvalue weighted by Crippen LogP contribution is 2.24. The minimum atomic E-state index is -3.07. The molecule has 3 N–H and O–H groups in total. The molecule has 1 aliphatic heterocycles. The maximum Gasteiger partial charge on any atom is 0.237 e. The lowest BCUT2D eigenvalue weighted by molar-refractivity contribution is -0.137. The fraction of sp³-hybridized carbons (Fsp3) is 0.846. The fourth-order valence-electron chi connectivity index (χ4n) is 3.13. The van der Waals surface area contributed by atoms with Crippen LogP contribution < -0.4 is 11.1 Å². The summed E-state index contributed by atoms with van der Waals surface area (Å²) in [6, 6.07) is -0.307. The third kappa shape index (κ3) is 4.67. The van der Waals surface area contributed by atoms with Crippen molar-refractivity contribution >= 4 is 21.7 Å². The lowest BCUT2D eigenvalue weighted by atomic mass is 10.1. The van der Waals surface area contributed by atoms with Gasteiger partial charge in [-0.2, -0.15) is 0 Å². The van der Waals surface area contributed by atoms with E-state index in [1.807, 2.05) is 0 Å². The molecule has 1 aliphatic carbocycles. The Morgan fingerprint density at radius 1 is 1.24 bits per heavy atom. The minimum absolute atomic E-state index is 0.0200. The number of nitrogens with one attached hydrogen (secondary N) is 1. The van der Waals surface area contributed by atoms with Crippen molar-refractivity contribution < 1.29 is 18.0 Å². The number of amides is 2. The Labute approximate surface area is 125 Å². The third-order valence-electron chi connectivity index (χ3n) is 4.13. The first-order valence-corrected chi connectivity index (χ1v) is 9.21. The molecule has 120 valence electrons. The zero-order valence-corrected chi connectivity index (χ0v) is 12.9. The van der Waals surface area contributed by atoms with Gasteiger partial charge in [-0.15, -0.1) is 0 Å². The van der Waals surface area contributed by atoms with Crippen molar-refractivity contribution in [2.45, 2.75) is 44.2 Å². The average molecular weight is 317 g/mol. The molecular formula is C13H23N3O4S. The number of nitrogens with zero attached hydrogens (tertiary/aromatic N) is 1. The second-order valence-corrected chi connectivity index (χ2v) is 8.12. The highest BCUT2D eigenvalue weighted by Gasteiger charge is 2.31. The molecule has 2 fully saturated rings. The van der Waals surface area contributed by atoms with Crippen molar-refractivity contribution in [2.24, 2.45) is 5.73 Å². The van der Waals surface area contributed by atoms with E-state index in [-0.39, 0.29) is 42.5 Å². The molecule has 0 bridgehead atoms. The van der Waals surface area contributed by atoms with Crippen LogP contribution in [-0.2, 0) is 19.4 Å². The van der Waals surface area contributed by atoms with Gasteiger partial charge in [-0.05, 0) is 12.8 Å². The van der Waals surface area contributed by atoms with E-state index in [2.05, 4.69) is 5.32 Å². The monoisotopic (exact) mass is 317 g/mol. The molecule has 0 aromatic heterocycles. The zero-order valence-electron chi connectivity index (χ0n) is 12.1. The first-order chi connectivity index (χ1) is 9.87. The predicted octanol–water partition coefficient (Wildman–Crippen LogP) is -0.980. The molecular weight excluding hydrogens is 294 g/mol. The van der Waals surface area contributed by atoms with E-state index in [0.29, 0.717) is 6.54 Å². The van der Waals surface area contributed by atoms with E-state index in [0.717, 1.165) is 25.7 Å².